The number of benzene rings is 3. The molecule has 0 unspecified atom stereocenters. The summed E-state index contributed by atoms with van der Waals surface area (Å²) < 4.78 is 32.4. The van der Waals surface area contributed by atoms with E-state index in [0.717, 1.165) is 28.5 Å². The molecule has 5 rings (SSSR count). The second-order valence-corrected chi connectivity index (χ2v) is 14.5. The van der Waals surface area contributed by atoms with Gasteiger partial charge < -0.3 is 9.88 Å². The van der Waals surface area contributed by atoms with Crippen LogP contribution in [-0.4, -0.2) is 30.4 Å². The molecule has 0 aliphatic heterocycles. The lowest BCUT2D eigenvalue weighted by Crippen LogP contribution is -2.31. The van der Waals surface area contributed by atoms with Gasteiger partial charge in [0.1, 0.15) is 0 Å². The van der Waals surface area contributed by atoms with Crippen LogP contribution in [0.2, 0.25) is 0 Å². The Hall–Kier alpha value is -4.98. The van der Waals surface area contributed by atoms with Gasteiger partial charge in [0.25, 0.3) is 15.9 Å². The lowest BCUT2D eigenvalue weighted by atomic mass is 10.1. The van der Waals surface area contributed by atoms with E-state index in [1.54, 1.807) is 61.1 Å². The standard InChI is InChI=1S/C37H37N5O3S2/c1-27(2)8-7-9-28(3)18-19-40-37(43)36-21-31-20-32(16-17-35(31)46-36)42(47(44,45)34-10-5-4-6-11-34)25-33-23-39-26-41(33)24-30-14-12-29(22-38)13-15-30/h4-6,8,10-18,20-21,23,26H,7,9,19,24-25H2,1-3H3,(H,40,43). The van der Waals surface area contributed by atoms with Crippen LogP contribution in [0.15, 0.2) is 120 Å². The molecule has 0 atom stereocenters. The van der Waals surface area contributed by atoms with Crippen LogP contribution in [0.5, 0.6) is 0 Å². The van der Waals surface area contributed by atoms with E-state index < -0.39 is 10.0 Å². The van der Waals surface area contributed by atoms with Gasteiger partial charge in [-0.1, -0.05) is 53.6 Å². The van der Waals surface area contributed by atoms with Gasteiger partial charge in [-0.3, -0.25) is 9.10 Å². The molecule has 47 heavy (non-hydrogen) atoms. The molecule has 240 valence electrons. The molecule has 3 aromatic carbocycles. The molecule has 10 heteroatoms. The van der Waals surface area contributed by atoms with E-state index in [2.05, 4.69) is 43.2 Å². The number of nitrogens with one attached hydrogen (secondary N) is 1. The average Bonchev–Trinajstić information content (AvgIpc) is 3.70. The van der Waals surface area contributed by atoms with E-state index >= 15 is 0 Å². The Morgan fingerprint density at radius 2 is 1.79 bits per heavy atom. The second kappa shape index (κ2) is 15.1. The quantitative estimate of drug-likeness (QED) is 0.129. The highest BCUT2D eigenvalue weighted by molar-refractivity contribution is 7.92. The highest BCUT2D eigenvalue weighted by Crippen LogP contribution is 2.33. The summed E-state index contributed by atoms with van der Waals surface area (Å²) in [6, 6.07) is 25.0. The first-order chi connectivity index (χ1) is 22.6. The molecule has 0 aliphatic carbocycles. The minimum atomic E-state index is -3.97. The Labute approximate surface area is 280 Å². The Morgan fingerprint density at radius 3 is 2.51 bits per heavy atom. The van der Waals surface area contributed by atoms with Crippen LogP contribution in [0.4, 0.5) is 5.69 Å². The monoisotopic (exact) mass is 663 g/mol. The number of fused-ring (bicyclic) bond motifs is 1. The van der Waals surface area contributed by atoms with E-state index in [-0.39, 0.29) is 17.3 Å². The number of carbonyl (C=O) groups excluding carboxylic acids is 1. The van der Waals surface area contributed by atoms with Crippen molar-refractivity contribution >= 4 is 43.0 Å². The third-order valence-electron chi connectivity index (χ3n) is 7.69. The number of hydrogen-bond acceptors (Lipinski definition) is 6. The zero-order valence-corrected chi connectivity index (χ0v) is 28.3. The zero-order chi connectivity index (χ0) is 33.4. The van der Waals surface area contributed by atoms with Crippen molar-refractivity contribution in [1.29, 1.82) is 5.26 Å². The van der Waals surface area contributed by atoms with Crippen LogP contribution < -0.4 is 9.62 Å². The van der Waals surface area contributed by atoms with Crippen LogP contribution in [0.1, 0.15) is 60.1 Å². The maximum absolute atomic E-state index is 14.1. The molecule has 0 saturated heterocycles. The number of nitrogens with zero attached hydrogens (tertiary/aromatic N) is 4. The number of carbonyl (C=O) groups is 1. The van der Waals surface area contributed by atoms with Gasteiger partial charge in [-0.05, 0) is 93.1 Å². The molecule has 0 fully saturated rings. The Kier molecular flexibility index (Phi) is 10.7. The van der Waals surface area contributed by atoms with Crippen molar-refractivity contribution in [2.75, 3.05) is 10.8 Å². The fourth-order valence-corrected chi connectivity index (χ4v) is 7.49. The number of thiophene rings is 1. The van der Waals surface area contributed by atoms with Crippen LogP contribution in [0.3, 0.4) is 0 Å². The van der Waals surface area contributed by atoms with Crippen molar-refractivity contribution < 1.29 is 13.2 Å². The zero-order valence-electron chi connectivity index (χ0n) is 26.7. The fourth-order valence-electron chi connectivity index (χ4n) is 5.08. The molecule has 1 amide bonds. The second-order valence-electron chi connectivity index (χ2n) is 11.6. The first-order valence-electron chi connectivity index (χ1n) is 15.3. The van der Waals surface area contributed by atoms with E-state index in [4.69, 9.17) is 5.26 Å². The molecule has 2 aromatic heterocycles. The summed E-state index contributed by atoms with van der Waals surface area (Å²) in [7, 11) is -3.97. The van der Waals surface area contributed by atoms with Gasteiger partial charge in [0.05, 0.1) is 45.7 Å². The van der Waals surface area contributed by atoms with Crippen LogP contribution in [0.25, 0.3) is 10.1 Å². The highest BCUT2D eigenvalue weighted by Gasteiger charge is 2.27. The summed E-state index contributed by atoms with van der Waals surface area (Å²) in [4.78, 5) is 18.1. The lowest BCUT2D eigenvalue weighted by Gasteiger charge is -2.25. The smallest absolute Gasteiger partial charge is 0.264 e. The number of anilines is 1. The van der Waals surface area contributed by atoms with Crippen LogP contribution in [-0.2, 0) is 23.1 Å². The minimum Gasteiger partial charge on any atom is -0.348 e. The Morgan fingerprint density at radius 1 is 1.02 bits per heavy atom. The molecule has 1 N–H and O–H groups in total. The number of imidazole rings is 1. The highest BCUT2D eigenvalue weighted by atomic mass is 32.2. The van der Waals surface area contributed by atoms with Crippen molar-refractivity contribution in [3.8, 4) is 6.07 Å². The topological polar surface area (TPSA) is 108 Å². The van der Waals surface area contributed by atoms with Crippen molar-refractivity contribution in [3.63, 3.8) is 0 Å². The number of amides is 1. The summed E-state index contributed by atoms with van der Waals surface area (Å²) in [6.07, 6.45) is 9.52. The lowest BCUT2D eigenvalue weighted by molar-refractivity contribution is 0.0962. The third-order valence-corrected chi connectivity index (χ3v) is 10.6. The van der Waals surface area contributed by atoms with Crippen molar-refractivity contribution in [1.82, 2.24) is 14.9 Å². The van der Waals surface area contributed by atoms with Gasteiger partial charge in [-0.2, -0.15) is 5.26 Å². The van der Waals surface area contributed by atoms with Gasteiger partial charge >= 0.3 is 0 Å². The molecule has 0 aliphatic rings. The molecular formula is C37H37N5O3S2. The number of hydrogen-bond donors (Lipinski definition) is 1. The molecule has 0 radical (unpaired) electrons. The van der Waals surface area contributed by atoms with E-state index in [1.165, 1.54) is 26.8 Å². The molecule has 0 saturated carbocycles. The minimum absolute atomic E-state index is 0.0375. The average molecular weight is 664 g/mol. The number of allylic oxidation sites excluding steroid dienone is 3. The summed E-state index contributed by atoms with van der Waals surface area (Å²) in [5.74, 6) is -0.165. The van der Waals surface area contributed by atoms with Gasteiger partial charge in [0.15, 0.2) is 0 Å². The van der Waals surface area contributed by atoms with Gasteiger partial charge in [0, 0.05) is 24.0 Å². The predicted molar refractivity (Wildman–Crippen MR) is 189 cm³/mol. The molecular weight excluding hydrogens is 627 g/mol. The van der Waals surface area contributed by atoms with E-state index in [1.807, 2.05) is 41.0 Å². The summed E-state index contributed by atoms with van der Waals surface area (Å²) in [5.41, 5.74) is 5.23. The first kappa shape index (κ1) is 33.4. The molecule has 2 heterocycles. The molecule has 8 nitrogen and oxygen atoms in total. The molecule has 5 aromatic rings. The van der Waals surface area contributed by atoms with Gasteiger partial charge in [-0.15, -0.1) is 11.3 Å². The van der Waals surface area contributed by atoms with Crippen molar-refractivity contribution in [2.24, 2.45) is 0 Å². The van der Waals surface area contributed by atoms with Crippen LogP contribution in [0, 0.1) is 11.3 Å². The predicted octanol–water partition coefficient (Wildman–Crippen LogP) is 7.84. The number of nitriles is 1. The fraction of sp³-hybridized carbons (Fsp3) is 0.216. The third kappa shape index (κ3) is 8.44. The number of sulfonamides is 1. The van der Waals surface area contributed by atoms with Gasteiger partial charge in [0.2, 0.25) is 0 Å². The summed E-state index contributed by atoms with van der Waals surface area (Å²) >= 11 is 1.37. The number of rotatable bonds is 13. The summed E-state index contributed by atoms with van der Waals surface area (Å²) in [5, 5.41) is 12.9. The normalized spacial score (nSPS) is 11.7. The Bertz CT molecular complexity index is 2070. The van der Waals surface area contributed by atoms with Crippen LogP contribution >= 0.6 is 11.3 Å². The van der Waals surface area contributed by atoms with Crippen molar-refractivity contribution in [2.45, 2.75) is 51.6 Å². The number of aromatic nitrogens is 2. The SMILES string of the molecule is CC(C)=CCCC(C)=CCNC(=O)c1cc2cc(N(Cc3cncn3Cc3ccc(C#N)cc3)S(=O)(=O)c3ccccc3)ccc2s1. The van der Waals surface area contributed by atoms with E-state index in [0.29, 0.717) is 34.9 Å². The first-order valence-corrected chi connectivity index (χ1v) is 17.6. The maximum atomic E-state index is 14.1. The Balaban J connectivity index is 1.40. The maximum Gasteiger partial charge on any atom is 0.264 e. The van der Waals surface area contributed by atoms with E-state index in [9.17, 15) is 13.2 Å². The summed E-state index contributed by atoms with van der Waals surface area (Å²) in [6.45, 7) is 7.19. The largest absolute Gasteiger partial charge is 0.348 e. The van der Waals surface area contributed by atoms with Gasteiger partial charge in [-0.25, -0.2) is 13.4 Å². The molecule has 0 spiro atoms. The van der Waals surface area contributed by atoms with Crippen molar-refractivity contribution in [3.05, 3.63) is 136 Å². The molecule has 0 bridgehead atoms.